The van der Waals surface area contributed by atoms with E-state index in [9.17, 15) is 9.18 Å². The fourth-order valence-electron chi connectivity index (χ4n) is 2.05. The molecule has 110 valence electrons. The molecule has 1 aromatic carbocycles. The van der Waals surface area contributed by atoms with E-state index in [1.807, 2.05) is 30.1 Å². The second-order valence-electron chi connectivity index (χ2n) is 5.20. The van der Waals surface area contributed by atoms with E-state index in [-0.39, 0.29) is 11.6 Å². The third-order valence-electron chi connectivity index (χ3n) is 3.37. The zero-order chi connectivity index (χ0) is 15.2. The molecule has 0 saturated heterocycles. The van der Waals surface area contributed by atoms with Crippen molar-refractivity contribution in [3.63, 3.8) is 0 Å². The number of Topliss-reactive ketones (excluding diaryl/α,β-unsaturated/α-hetero) is 1. The standard InChI is InChI=1S/C17H19FN2O/c1-13-6-7-14(11-16(13)18)17(21)8-10-20(2)12-15-5-3-4-9-19-15/h3-7,9,11H,8,10,12H2,1-2H3. The predicted octanol–water partition coefficient (Wildman–Crippen LogP) is 3.23. The summed E-state index contributed by atoms with van der Waals surface area (Å²) in [5, 5.41) is 0. The normalized spacial score (nSPS) is 10.9. The molecular weight excluding hydrogens is 267 g/mol. The lowest BCUT2D eigenvalue weighted by molar-refractivity contribution is 0.0967. The smallest absolute Gasteiger partial charge is 0.164 e. The first-order valence-electron chi connectivity index (χ1n) is 6.94. The van der Waals surface area contributed by atoms with Gasteiger partial charge in [0.15, 0.2) is 5.78 Å². The molecule has 0 atom stereocenters. The first-order valence-corrected chi connectivity index (χ1v) is 6.94. The number of nitrogens with zero attached hydrogens (tertiary/aromatic N) is 2. The fourth-order valence-corrected chi connectivity index (χ4v) is 2.05. The number of aromatic nitrogens is 1. The number of benzene rings is 1. The summed E-state index contributed by atoms with van der Waals surface area (Å²) >= 11 is 0. The Balaban J connectivity index is 1.87. The number of hydrogen-bond donors (Lipinski definition) is 0. The van der Waals surface area contributed by atoms with Crippen molar-refractivity contribution in [3.8, 4) is 0 Å². The lowest BCUT2D eigenvalue weighted by Crippen LogP contribution is -2.22. The molecule has 2 aromatic rings. The first-order chi connectivity index (χ1) is 10.1. The van der Waals surface area contributed by atoms with Crippen LogP contribution < -0.4 is 0 Å². The van der Waals surface area contributed by atoms with Crippen LogP contribution in [0.2, 0.25) is 0 Å². The number of carbonyl (C=O) groups is 1. The average molecular weight is 286 g/mol. The number of ketones is 1. The Labute approximate surface area is 124 Å². The summed E-state index contributed by atoms with van der Waals surface area (Å²) in [5.41, 5.74) is 1.96. The van der Waals surface area contributed by atoms with Crippen LogP contribution in [-0.2, 0) is 6.54 Å². The largest absolute Gasteiger partial charge is 0.300 e. The Bertz CT molecular complexity index is 613. The van der Waals surface area contributed by atoms with Gasteiger partial charge in [-0.3, -0.25) is 9.78 Å². The van der Waals surface area contributed by atoms with Gasteiger partial charge in [-0.15, -0.1) is 0 Å². The molecule has 0 unspecified atom stereocenters. The lowest BCUT2D eigenvalue weighted by atomic mass is 10.1. The molecule has 0 aliphatic rings. The zero-order valence-electron chi connectivity index (χ0n) is 12.3. The summed E-state index contributed by atoms with van der Waals surface area (Å²) in [6, 6.07) is 10.4. The molecule has 0 fully saturated rings. The van der Waals surface area contributed by atoms with Gasteiger partial charge in [0.25, 0.3) is 0 Å². The van der Waals surface area contributed by atoms with Gasteiger partial charge < -0.3 is 4.90 Å². The maximum Gasteiger partial charge on any atom is 0.164 e. The number of hydrogen-bond acceptors (Lipinski definition) is 3. The van der Waals surface area contributed by atoms with Crippen LogP contribution in [0.4, 0.5) is 4.39 Å². The Morgan fingerprint density at radius 1 is 1.29 bits per heavy atom. The minimum atomic E-state index is -0.331. The van der Waals surface area contributed by atoms with Crippen LogP contribution in [0.5, 0.6) is 0 Å². The summed E-state index contributed by atoms with van der Waals surface area (Å²) in [6.07, 6.45) is 2.12. The van der Waals surface area contributed by atoms with Gasteiger partial charge in [0.1, 0.15) is 5.82 Å². The maximum absolute atomic E-state index is 13.5. The molecule has 0 bridgehead atoms. The van der Waals surface area contributed by atoms with Crippen molar-refractivity contribution >= 4 is 5.78 Å². The molecule has 0 amide bonds. The van der Waals surface area contributed by atoms with Gasteiger partial charge in [-0.05, 0) is 37.7 Å². The summed E-state index contributed by atoms with van der Waals surface area (Å²) < 4.78 is 13.5. The molecular formula is C17H19FN2O. The number of pyridine rings is 1. The zero-order valence-corrected chi connectivity index (χ0v) is 12.3. The summed E-state index contributed by atoms with van der Waals surface area (Å²) in [4.78, 5) is 18.3. The van der Waals surface area contributed by atoms with E-state index in [4.69, 9.17) is 0 Å². The highest BCUT2D eigenvalue weighted by Crippen LogP contribution is 2.11. The van der Waals surface area contributed by atoms with Crippen LogP contribution in [0.1, 0.15) is 28.0 Å². The van der Waals surface area contributed by atoms with Crippen LogP contribution in [-0.4, -0.2) is 29.3 Å². The highest BCUT2D eigenvalue weighted by Gasteiger charge is 2.10. The van der Waals surface area contributed by atoms with Crippen molar-refractivity contribution in [3.05, 3.63) is 65.2 Å². The van der Waals surface area contributed by atoms with E-state index in [1.165, 1.54) is 6.07 Å². The highest BCUT2D eigenvalue weighted by atomic mass is 19.1. The van der Waals surface area contributed by atoms with Crippen LogP contribution in [0.15, 0.2) is 42.6 Å². The van der Waals surface area contributed by atoms with Crippen LogP contribution in [0, 0.1) is 12.7 Å². The number of rotatable bonds is 6. The topological polar surface area (TPSA) is 33.2 Å². The van der Waals surface area contributed by atoms with Gasteiger partial charge >= 0.3 is 0 Å². The first kappa shape index (κ1) is 15.3. The van der Waals surface area contributed by atoms with E-state index in [2.05, 4.69) is 4.98 Å². The van der Waals surface area contributed by atoms with Crippen LogP contribution in [0.3, 0.4) is 0 Å². The Hall–Kier alpha value is -2.07. The molecule has 21 heavy (non-hydrogen) atoms. The molecule has 0 saturated carbocycles. The summed E-state index contributed by atoms with van der Waals surface area (Å²) in [7, 11) is 1.94. The Morgan fingerprint density at radius 2 is 2.10 bits per heavy atom. The monoisotopic (exact) mass is 286 g/mol. The molecule has 0 radical (unpaired) electrons. The van der Waals surface area contributed by atoms with Gasteiger partial charge in [0, 0.05) is 31.3 Å². The second-order valence-corrected chi connectivity index (χ2v) is 5.20. The molecule has 3 nitrogen and oxygen atoms in total. The Kier molecular flexibility index (Phi) is 5.17. The van der Waals surface area contributed by atoms with Crippen molar-refractivity contribution in [2.45, 2.75) is 19.9 Å². The summed E-state index contributed by atoms with van der Waals surface area (Å²) in [5.74, 6) is -0.371. The molecule has 2 rings (SSSR count). The third kappa shape index (κ3) is 4.46. The molecule has 0 aliphatic heterocycles. The van der Waals surface area contributed by atoms with Gasteiger partial charge in [-0.2, -0.15) is 0 Å². The highest BCUT2D eigenvalue weighted by molar-refractivity contribution is 5.96. The summed E-state index contributed by atoms with van der Waals surface area (Å²) in [6.45, 7) is 2.99. The number of carbonyl (C=O) groups excluding carboxylic acids is 1. The maximum atomic E-state index is 13.5. The fraction of sp³-hybridized carbons (Fsp3) is 0.294. The third-order valence-corrected chi connectivity index (χ3v) is 3.37. The minimum Gasteiger partial charge on any atom is -0.300 e. The van der Waals surface area contributed by atoms with Crippen molar-refractivity contribution < 1.29 is 9.18 Å². The molecule has 0 N–H and O–H groups in total. The van der Waals surface area contributed by atoms with Crippen molar-refractivity contribution in [2.75, 3.05) is 13.6 Å². The molecule has 1 heterocycles. The van der Waals surface area contributed by atoms with Crippen LogP contribution in [0.25, 0.3) is 0 Å². The van der Waals surface area contributed by atoms with Gasteiger partial charge in [0.05, 0.1) is 5.69 Å². The Morgan fingerprint density at radius 3 is 2.76 bits per heavy atom. The molecule has 0 spiro atoms. The molecule has 0 aliphatic carbocycles. The van der Waals surface area contributed by atoms with Crippen molar-refractivity contribution in [2.24, 2.45) is 0 Å². The minimum absolute atomic E-state index is 0.0400. The van der Waals surface area contributed by atoms with Crippen LogP contribution >= 0.6 is 0 Å². The van der Waals surface area contributed by atoms with Gasteiger partial charge in [0.2, 0.25) is 0 Å². The van der Waals surface area contributed by atoms with E-state index < -0.39 is 0 Å². The lowest BCUT2D eigenvalue weighted by Gasteiger charge is -2.15. The SMILES string of the molecule is Cc1ccc(C(=O)CCN(C)Cc2ccccn2)cc1F. The van der Waals surface area contributed by atoms with E-state index in [0.717, 1.165) is 5.69 Å². The average Bonchev–Trinajstić information content (AvgIpc) is 2.48. The predicted molar refractivity (Wildman–Crippen MR) is 80.7 cm³/mol. The molecule has 1 aromatic heterocycles. The second kappa shape index (κ2) is 7.09. The van der Waals surface area contributed by atoms with Crippen molar-refractivity contribution in [1.82, 2.24) is 9.88 Å². The van der Waals surface area contributed by atoms with Gasteiger partial charge in [-0.1, -0.05) is 18.2 Å². The number of halogens is 1. The number of aryl methyl sites for hydroxylation is 1. The van der Waals surface area contributed by atoms with E-state index in [1.54, 1.807) is 25.3 Å². The van der Waals surface area contributed by atoms with Gasteiger partial charge in [-0.25, -0.2) is 4.39 Å². The molecule has 4 heteroatoms. The van der Waals surface area contributed by atoms with E-state index >= 15 is 0 Å². The quantitative estimate of drug-likeness (QED) is 0.764. The van der Waals surface area contributed by atoms with E-state index in [0.29, 0.717) is 30.6 Å². The van der Waals surface area contributed by atoms with Crippen molar-refractivity contribution in [1.29, 1.82) is 0 Å².